The Bertz CT molecular complexity index is 1880. The molecule has 0 bridgehead atoms. The van der Waals surface area contributed by atoms with E-state index in [1.807, 2.05) is 24.3 Å². The van der Waals surface area contributed by atoms with Gasteiger partial charge in [-0.2, -0.15) is 10.2 Å². The number of nitrogens with zero attached hydrogens (tertiary/aromatic N) is 5. The second-order valence-corrected chi connectivity index (χ2v) is 12.2. The van der Waals surface area contributed by atoms with Crippen LogP contribution in [0.4, 0.5) is 9.52 Å². The van der Waals surface area contributed by atoms with E-state index < -0.39 is 23.9 Å². The highest BCUT2D eigenvalue weighted by molar-refractivity contribution is 7.18. The van der Waals surface area contributed by atoms with Gasteiger partial charge in [-0.3, -0.25) is 14.4 Å². The standard InChI is InChI=1S/C30H23Cl2FN6O3S/c1-15(40)23-13-39(26-5-3-16(8-20(23)26)18-6-7-34-35-12-18)14-27(41)21-10-19(33)11-22(21)28(42)36-30-38-37-29(43-30)17-2-4-24(31)25(32)9-17/h2-9,12-13,19,21-22H,10-11,14H2,1H3,(H,36,38,42)/t19-,21?,22+/m0/s1. The number of Topliss-reactive ketones (excluding diaryl/α,β-unsaturated/α-hetero) is 2. The van der Waals surface area contributed by atoms with Crippen LogP contribution in [-0.2, 0) is 16.1 Å². The lowest BCUT2D eigenvalue weighted by molar-refractivity contribution is -0.130. The molecule has 3 aromatic heterocycles. The number of anilines is 1. The van der Waals surface area contributed by atoms with Crippen molar-refractivity contribution < 1.29 is 18.8 Å². The molecule has 2 aromatic carbocycles. The zero-order chi connectivity index (χ0) is 30.2. The minimum absolute atomic E-state index is 0.0560. The third kappa shape index (κ3) is 5.93. The van der Waals surface area contributed by atoms with Crippen molar-refractivity contribution in [2.75, 3.05) is 5.32 Å². The molecular formula is C30H23Cl2FN6O3S. The summed E-state index contributed by atoms with van der Waals surface area (Å²) in [6, 6.07) is 12.4. The lowest BCUT2D eigenvalue weighted by Gasteiger charge is -2.17. The summed E-state index contributed by atoms with van der Waals surface area (Å²) in [6.07, 6.45) is 3.43. The summed E-state index contributed by atoms with van der Waals surface area (Å²) in [7, 11) is 0. The van der Waals surface area contributed by atoms with Gasteiger partial charge in [0.15, 0.2) is 11.6 Å². The van der Waals surface area contributed by atoms with E-state index in [0.717, 1.165) is 22.5 Å². The van der Waals surface area contributed by atoms with E-state index in [2.05, 4.69) is 25.7 Å². The number of fused-ring (bicyclic) bond motifs is 1. The summed E-state index contributed by atoms with van der Waals surface area (Å²) >= 11 is 13.2. The average Bonchev–Trinajstić information content (AvgIpc) is 3.72. The molecule has 1 amide bonds. The maximum Gasteiger partial charge on any atom is 0.230 e. The highest BCUT2D eigenvalue weighted by atomic mass is 35.5. The number of rotatable bonds is 8. The highest BCUT2D eigenvalue weighted by Crippen LogP contribution is 2.38. The van der Waals surface area contributed by atoms with E-state index in [0.29, 0.717) is 37.1 Å². The van der Waals surface area contributed by atoms with Crippen molar-refractivity contribution in [3.05, 3.63) is 76.7 Å². The molecule has 9 nitrogen and oxygen atoms in total. The fourth-order valence-corrected chi connectivity index (χ4v) is 6.51. The second kappa shape index (κ2) is 11.9. The molecule has 3 atom stereocenters. The van der Waals surface area contributed by atoms with E-state index in [4.69, 9.17) is 23.2 Å². The van der Waals surface area contributed by atoms with Crippen molar-refractivity contribution in [2.45, 2.75) is 32.5 Å². The molecule has 43 heavy (non-hydrogen) atoms. The molecule has 1 saturated carbocycles. The molecule has 1 aliphatic carbocycles. The summed E-state index contributed by atoms with van der Waals surface area (Å²) in [5.74, 6) is -2.64. The van der Waals surface area contributed by atoms with E-state index in [1.165, 1.54) is 6.92 Å². The Balaban J connectivity index is 1.21. The molecule has 0 radical (unpaired) electrons. The molecule has 3 heterocycles. The fourth-order valence-electron chi connectivity index (χ4n) is 5.47. The van der Waals surface area contributed by atoms with Crippen molar-refractivity contribution >= 4 is 68.0 Å². The molecule has 1 unspecified atom stereocenters. The Kier molecular flexibility index (Phi) is 8.04. The SMILES string of the molecule is CC(=O)c1cn(CC(=O)C2C[C@H](F)C[C@H]2C(=O)Nc2nnc(-c3ccc(Cl)c(Cl)c3)s2)c2ccc(-c3ccnnc3)cc12. The van der Waals surface area contributed by atoms with Crippen molar-refractivity contribution in [3.8, 4) is 21.7 Å². The minimum Gasteiger partial charge on any atom is -0.339 e. The lowest BCUT2D eigenvalue weighted by Crippen LogP contribution is -2.31. The van der Waals surface area contributed by atoms with Crippen LogP contribution >= 0.6 is 34.5 Å². The van der Waals surface area contributed by atoms with Crippen LogP contribution in [0.3, 0.4) is 0 Å². The Hall–Kier alpha value is -4.06. The number of amides is 1. The van der Waals surface area contributed by atoms with Gasteiger partial charge in [0.05, 0.1) is 34.9 Å². The zero-order valence-electron chi connectivity index (χ0n) is 22.6. The number of carbonyl (C=O) groups is 3. The first-order chi connectivity index (χ1) is 20.7. The van der Waals surface area contributed by atoms with Gasteiger partial charge in [-0.15, -0.1) is 10.2 Å². The van der Waals surface area contributed by atoms with Crippen LogP contribution in [0, 0.1) is 11.8 Å². The average molecular weight is 638 g/mol. The lowest BCUT2D eigenvalue weighted by atomic mass is 9.91. The van der Waals surface area contributed by atoms with Crippen molar-refractivity contribution in [1.82, 2.24) is 25.0 Å². The van der Waals surface area contributed by atoms with Gasteiger partial charge in [0, 0.05) is 39.7 Å². The van der Waals surface area contributed by atoms with E-state index in [9.17, 15) is 18.8 Å². The molecule has 0 saturated heterocycles. The summed E-state index contributed by atoms with van der Waals surface area (Å²) < 4.78 is 16.3. The fraction of sp³-hybridized carbons (Fsp3) is 0.233. The Morgan fingerprint density at radius 1 is 0.977 bits per heavy atom. The molecule has 13 heteroatoms. The number of aromatic nitrogens is 5. The van der Waals surface area contributed by atoms with Gasteiger partial charge in [-0.1, -0.05) is 46.7 Å². The Morgan fingerprint density at radius 3 is 2.51 bits per heavy atom. The number of halogens is 3. The first-order valence-corrected chi connectivity index (χ1v) is 14.9. The zero-order valence-corrected chi connectivity index (χ0v) is 25.0. The minimum atomic E-state index is -1.29. The van der Waals surface area contributed by atoms with Crippen molar-refractivity contribution in [2.24, 2.45) is 11.8 Å². The van der Waals surface area contributed by atoms with Gasteiger partial charge in [0.25, 0.3) is 0 Å². The van der Waals surface area contributed by atoms with Gasteiger partial charge in [0.1, 0.15) is 11.2 Å². The first-order valence-electron chi connectivity index (χ1n) is 13.4. The third-order valence-corrected chi connectivity index (χ3v) is 9.21. The van der Waals surface area contributed by atoms with Crippen molar-refractivity contribution in [1.29, 1.82) is 0 Å². The summed E-state index contributed by atoms with van der Waals surface area (Å²) in [6.45, 7) is 1.36. The monoisotopic (exact) mass is 636 g/mol. The summed E-state index contributed by atoms with van der Waals surface area (Å²) in [4.78, 5) is 39.3. The summed E-state index contributed by atoms with van der Waals surface area (Å²) in [5.41, 5.74) is 3.51. The van der Waals surface area contributed by atoms with Crippen LogP contribution in [0.15, 0.2) is 61.1 Å². The number of alkyl halides is 1. The molecular weight excluding hydrogens is 614 g/mol. The number of ketones is 2. The Morgan fingerprint density at radius 2 is 1.77 bits per heavy atom. The molecule has 1 fully saturated rings. The van der Waals surface area contributed by atoms with E-state index >= 15 is 0 Å². The van der Waals surface area contributed by atoms with Gasteiger partial charge >= 0.3 is 0 Å². The highest BCUT2D eigenvalue weighted by Gasteiger charge is 2.43. The normalized spacial score (nSPS) is 18.2. The predicted molar refractivity (Wildman–Crippen MR) is 163 cm³/mol. The predicted octanol–water partition coefficient (Wildman–Crippen LogP) is 6.70. The first kappa shape index (κ1) is 29.0. The Labute approximate surface area is 259 Å². The number of hydrogen-bond donors (Lipinski definition) is 1. The summed E-state index contributed by atoms with van der Waals surface area (Å²) in [5, 5.41) is 20.8. The molecule has 1 aliphatic rings. The van der Waals surface area contributed by atoms with Gasteiger partial charge < -0.3 is 9.88 Å². The maximum absolute atomic E-state index is 14.6. The number of carbonyl (C=O) groups excluding carboxylic acids is 3. The van der Waals surface area contributed by atoms with Crippen molar-refractivity contribution in [3.63, 3.8) is 0 Å². The molecule has 1 N–H and O–H groups in total. The van der Waals surface area contributed by atoms with Gasteiger partial charge in [0.2, 0.25) is 11.0 Å². The quantitative estimate of drug-likeness (QED) is 0.188. The molecule has 6 rings (SSSR count). The number of nitrogens with one attached hydrogen (secondary N) is 1. The van der Waals surface area contributed by atoms with Crippen LogP contribution in [0.1, 0.15) is 30.1 Å². The maximum atomic E-state index is 14.6. The topological polar surface area (TPSA) is 120 Å². The molecule has 0 spiro atoms. The molecule has 218 valence electrons. The van der Waals surface area contributed by atoms with Gasteiger partial charge in [-0.25, -0.2) is 4.39 Å². The number of benzene rings is 2. The number of hydrogen-bond acceptors (Lipinski definition) is 8. The van der Waals surface area contributed by atoms with E-state index in [1.54, 1.807) is 41.4 Å². The van der Waals surface area contributed by atoms with Crippen LogP contribution in [-0.4, -0.2) is 48.6 Å². The van der Waals surface area contributed by atoms with Crippen LogP contribution in [0.5, 0.6) is 0 Å². The van der Waals surface area contributed by atoms with Gasteiger partial charge in [-0.05, 0) is 55.7 Å². The molecule has 5 aromatic rings. The largest absolute Gasteiger partial charge is 0.339 e. The molecule has 0 aliphatic heterocycles. The van der Waals surface area contributed by atoms with Crippen LogP contribution in [0.2, 0.25) is 10.0 Å². The van der Waals surface area contributed by atoms with E-state index in [-0.39, 0.29) is 36.1 Å². The van der Waals surface area contributed by atoms with Crippen LogP contribution in [0.25, 0.3) is 32.6 Å². The smallest absolute Gasteiger partial charge is 0.230 e. The second-order valence-electron chi connectivity index (χ2n) is 10.4. The third-order valence-electron chi connectivity index (χ3n) is 7.58. The van der Waals surface area contributed by atoms with Crippen LogP contribution < -0.4 is 5.32 Å².